The molecule has 0 aliphatic carbocycles. The first-order chi connectivity index (χ1) is 7.29. The fourth-order valence-corrected chi connectivity index (χ4v) is 1.49. The van der Waals surface area contributed by atoms with E-state index >= 15 is 0 Å². The average Bonchev–Trinajstić information content (AvgIpc) is 2.43. The molecule has 16 heavy (non-hydrogen) atoms. The normalized spacial score (nSPS) is 11.8. The molecule has 1 aromatic rings. The highest BCUT2D eigenvalue weighted by atomic mass is 19.4. The van der Waals surface area contributed by atoms with Crippen molar-refractivity contribution in [1.82, 2.24) is 0 Å². The van der Waals surface area contributed by atoms with Crippen molar-refractivity contribution in [3.63, 3.8) is 0 Å². The van der Waals surface area contributed by atoms with Crippen LogP contribution >= 0.6 is 0 Å². The Morgan fingerprint density at radius 2 is 2.00 bits per heavy atom. The van der Waals surface area contributed by atoms with Crippen LogP contribution in [0.2, 0.25) is 0 Å². The molecule has 0 saturated carbocycles. The van der Waals surface area contributed by atoms with Gasteiger partial charge in [0.2, 0.25) is 0 Å². The highest BCUT2D eigenvalue weighted by molar-refractivity contribution is 5.97. The Hall–Kier alpha value is -1.26. The number of ketones is 1. The van der Waals surface area contributed by atoms with Crippen molar-refractivity contribution in [1.29, 1.82) is 0 Å². The zero-order valence-corrected chi connectivity index (χ0v) is 9.15. The van der Waals surface area contributed by atoms with Crippen molar-refractivity contribution in [2.75, 3.05) is 0 Å². The third-order valence-electron chi connectivity index (χ3n) is 2.21. The van der Waals surface area contributed by atoms with Crippen LogP contribution in [-0.2, 0) is 0 Å². The molecule has 0 bridgehead atoms. The van der Waals surface area contributed by atoms with E-state index < -0.39 is 12.6 Å². The first-order valence-electron chi connectivity index (χ1n) is 4.96. The Morgan fingerprint density at radius 3 is 2.44 bits per heavy atom. The Morgan fingerprint density at radius 1 is 1.38 bits per heavy atom. The Labute approximate surface area is 91.4 Å². The second-order valence-electron chi connectivity index (χ2n) is 3.72. The van der Waals surface area contributed by atoms with Crippen LogP contribution in [0.25, 0.3) is 0 Å². The number of rotatable bonds is 4. The maximum atomic E-state index is 11.9. The average molecular weight is 234 g/mol. The van der Waals surface area contributed by atoms with E-state index in [4.69, 9.17) is 4.42 Å². The minimum Gasteiger partial charge on any atom is -0.466 e. The minimum atomic E-state index is -4.19. The maximum absolute atomic E-state index is 11.9. The van der Waals surface area contributed by atoms with E-state index in [-0.39, 0.29) is 18.6 Å². The lowest BCUT2D eigenvalue weighted by molar-refractivity contribution is -0.135. The number of hydrogen-bond donors (Lipinski definition) is 0. The summed E-state index contributed by atoms with van der Waals surface area (Å²) in [4.78, 5) is 11.5. The summed E-state index contributed by atoms with van der Waals surface area (Å²) in [6.07, 6.45) is -5.39. The van der Waals surface area contributed by atoms with Gasteiger partial charge in [-0.25, -0.2) is 0 Å². The summed E-state index contributed by atoms with van der Waals surface area (Å²) in [5, 5.41) is 0. The van der Waals surface area contributed by atoms with Crippen molar-refractivity contribution >= 4 is 5.78 Å². The molecule has 90 valence electrons. The van der Waals surface area contributed by atoms with Gasteiger partial charge < -0.3 is 4.42 Å². The van der Waals surface area contributed by atoms with E-state index in [9.17, 15) is 18.0 Å². The summed E-state index contributed by atoms with van der Waals surface area (Å²) in [5.74, 6) is 0.768. The van der Waals surface area contributed by atoms with E-state index in [1.54, 1.807) is 19.9 Å². The van der Waals surface area contributed by atoms with Crippen LogP contribution in [0, 0.1) is 13.8 Å². The van der Waals surface area contributed by atoms with Gasteiger partial charge in [0.25, 0.3) is 0 Å². The van der Waals surface area contributed by atoms with Gasteiger partial charge in [0.15, 0.2) is 5.78 Å². The van der Waals surface area contributed by atoms with Crippen LogP contribution in [-0.4, -0.2) is 12.0 Å². The fraction of sp³-hybridized carbons (Fsp3) is 0.545. The number of furan rings is 1. The SMILES string of the molecule is Cc1cc(C(=O)CCCC(F)(F)F)c(C)o1. The monoisotopic (exact) mass is 234 g/mol. The number of hydrogen-bond acceptors (Lipinski definition) is 2. The van der Waals surface area contributed by atoms with Gasteiger partial charge >= 0.3 is 6.18 Å². The van der Waals surface area contributed by atoms with E-state index in [1.807, 2.05) is 0 Å². The molecule has 0 amide bonds. The second-order valence-corrected chi connectivity index (χ2v) is 3.72. The van der Waals surface area contributed by atoms with Crippen LogP contribution in [0.1, 0.15) is 41.1 Å². The van der Waals surface area contributed by atoms with E-state index in [0.717, 1.165) is 0 Å². The van der Waals surface area contributed by atoms with Gasteiger partial charge in [-0.15, -0.1) is 0 Å². The number of halogens is 3. The molecule has 1 rings (SSSR count). The van der Waals surface area contributed by atoms with Crippen LogP contribution < -0.4 is 0 Å². The molecule has 0 atom stereocenters. The Bertz CT molecular complexity index is 377. The molecule has 0 aromatic carbocycles. The van der Waals surface area contributed by atoms with Crippen LogP contribution in [0.15, 0.2) is 10.5 Å². The van der Waals surface area contributed by atoms with Crippen molar-refractivity contribution < 1.29 is 22.4 Å². The summed E-state index contributed by atoms with van der Waals surface area (Å²) in [5.41, 5.74) is 0.389. The zero-order chi connectivity index (χ0) is 12.3. The number of carbonyl (C=O) groups excluding carboxylic acids is 1. The van der Waals surface area contributed by atoms with Crippen molar-refractivity contribution in [2.45, 2.75) is 39.3 Å². The molecule has 1 heterocycles. The third-order valence-corrected chi connectivity index (χ3v) is 2.21. The quantitative estimate of drug-likeness (QED) is 0.741. The second kappa shape index (κ2) is 4.72. The van der Waals surface area contributed by atoms with E-state index in [2.05, 4.69) is 0 Å². The van der Waals surface area contributed by atoms with Crippen LogP contribution in [0.5, 0.6) is 0 Å². The molecule has 0 aliphatic heterocycles. The largest absolute Gasteiger partial charge is 0.466 e. The summed E-state index contributed by atoms with van der Waals surface area (Å²) < 4.78 is 40.7. The van der Waals surface area contributed by atoms with Crippen LogP contribution in [0.3, 0.4) is 0 Å². The lowest BCUT2D eigenvalue weighted by Gasteiger charge is -2.04. The summed E-state index contributed by atoms with van der Waals surface area (Å²) >= 11 is 0. The van der Waals surface area contributed by atoms with E-state index in [1.165, 1.54) is 0 Å². The minimum absolute atomic E-state index is 0.0979. The highest BCUT2D eigenvalue weighted by Gasteiger charge is 2.27. The zero-order valence-electron chi connectivity index (χ0n) is 9.15. The molecule has 0 N–H and O–H groups in total. The summed E-state index contributed by atoms with van der Waals surface area (Å²) in [6.45, 7) is 3.32. The molecular weight excluding hydrogens is 221 g/mol. The van der Waals surface area contributed by atoms with Crippen LogP contribution in [0.4, 0.5) is 13.2 Å². The molecule has 1 aromatic heterocycles. The van der Waals surface area contributed by atoms with Gasteiger partial charge in [-0.05, 0) is 26.3 Å². The topological polar surface area (TPSA) is 30.2 Å². The third kappa shape index (κ3) is 3.72. The van der Waals surface area contributed by atoms with Crippen molar-refractivity contribution in [3.05, 3.63) is 23.2 Å². The lowest BCUT2D eigenvalue weighted by atomic mass is 10.1. The Kier molecular flexibility index (Phi) is 3.78. The highest BCUT2D eigenvalue weighted by Crippen LogP contribution is 2.23. The molecule has 0 aliphatic rings. The smallest absolute Gasteiger partial charge is 0.389 e. The van der Waals surface area contributed by atoms with Gasteiger partial charge in [-0.2, -0.15) is 13.2 Å². The molecule has 0 fully saturated rings. The maximum Gasteiger partial charge on any atom is 0.389 e. The first-order valence-corrected chi connectivity index (χ1v) is 4.96. The van der Waals surface area contributed by atoms with E-state index in [0.29, 0.717) is 17.1 Å². The lowest BCUT2D eigenvalue weighted by Crippen LogP contribution is -2.08. The number of carbonyl (C=O) groups is 1. The molecule has 5 heteroatoms. The number of aryl methyl sites for hydroxylation is 2. The molecule has 0 spiro atoms. The number of Topliss-reactive ketones (excluding diaryl/α,β-unsaturated/α-hetero) is 1. The number of alkyl halides is 3. The van der Waals surface area contributed by atoms with Gasteiger partial charge in [0.05, 0.1) is 5.56 Å². The predicted molar refractivity (Wildman–Crippen MR) is 52.4 cm³/mol. The fourth-order valence-electron chi connectivity index (χ4n) is 1.49. The molecule has 0 unspecified atom stereocenters. The summed E-state index contributed by atoms with van der Waals surface area (Å²) in [6, 6.07) is 1.56. The van der Waals surface area contributed by atoms with Gasteiger partial charge in [0.1, 0.15) is 11.5 Å². The standard InChI is InChI=1S/C11H13F3O2/c1-7-6-9(8(2)16-7)10(15)4-3-5-11(12,13)14/h6H,3-5H2,1-2H3. The van der Waals surface area contributed by atoms with Crippen molar-refractivity contribution in [2.24, 2.45) is 0 Å². The predicted octanol–water partition coefficient (Wildman–Crippen LogP) is 3.81. The first kappa shape index (κ1) is 12.8. The Balaban J connectivity index is 2.51. The molecule has 0 saturated heterocycles. The van der Waals surface area contributed by atoms with Gasteiger partial charge in [0, 0.05) is 12.8 Å². The van der Waals surface area contributed by atoms with Gasteiger partial charge in [-0.1, -0.05) is 0 Å². The van der Waals surface area contributed by atoms with Gasteiger partial charge in [-0.3, -0.25) is 4.79 Å². The molecule has 0 radical (unpaired) electrons. The summed E-state index contributed by atoms with van der Waals surface area (Å²) in [7, 11) is 0. The molecular formula is C11H13F3O2. The van der Waals surface area contributed by atoms with Crippen molar-refractivity contribution in [3.8, 4) is 0 Å². The molecule has 2 nitrogen and oxygen atoms in total.